The van der Waals surface area contributed by atoms with Crippen LogP contribution in [0.1, 0.15) is 29.8 Å². The molecule has 0 aliphatic heterocycles. The van der Waals surface area contributed by atoms with Gasteiger partial charge in [0.1, 0.15) is 5.69 Å². The lowest BCUT2D eigenvalue weighted by Crippen LogP contribution is -2.25. The van der Waals surface area contributed by atoms with Gasteiger partial charge in [-0.05, 0) is 25.0 Å². The zero-order valence-electron chi connectivity index (χ0n) is 10.7. The molecule has 0 aliphatic carbocycles. The Labute approximate surface area is 118 Å². The predicted octanol–water partition coefficient (Wildman–Crippen LogP) is 3.37. The van der Waals surface area contributed by atoms with Gasteiger partial charge < -0.3 is 5.32 Å². The number of carbonyl (C=O) groups is 1. The molecule has 1 aromatic heterocycles. The molecule has 19 heavy (non-hydrogen) atoms. The van der Waals surface area contributed by atoms with E-state index in [9.17, 15) is 4.79 Å². The van der Waals surface area contributed by atoms with Gasteiger partial charge in [0.05, 0.1) is 5.52 Å². The van der Waals surface area contributed by atoms with Crippen molar-refractivity contribution in [3.8, 4) is 0 Å². The number of nitrogens with one attached hydrogen (secondary N) is 1. The van der Waals surface area contributed by atoms with Crippen LogP contribution in [0.25, 0.3) is 10.9 Å². The molecule has 1 amide bonds. The number of pyridine rings is 1. The van der Waals surface area contributed by atoms with E-state index in [-0.39, 0.29) is 5.91 Å². The summed E-state index contributed by atoms with van der Waals surface area (Å²) >= 11 is 5.60. The van der Waals surface area contributed by atoms with Crippen molar-refractivity contribution in [3.05, 3.63) is 42.1 Å². The second-order valence-corrected chi connectivity index (χ2v) is 4.77. The number of hydrogen-bond donors (Lipinski definition) is 1. The van der Waals surface area contributed by atoms with Gasteiger partial charge in [0.2, 0.25) is 0 Å². The molecular weight excluding hydrogens is 260 g/mol. The number of benzene rings is 1. The zero-order chi connectivity index (χ0) is 13.5. The van der Waals surface area contributed by atoms with Crippen LogP contribution in [0.15, 0.2) is 36.4 Å². The molecule has 0 radical (unpaired) electrons. The predicted molar refractivity (Wildman–Crippen MR) is 78.6 cm³/mol. The average Bonchev–Trinajstić information content (AvgIpc) is 2.46. The number of carbonyl (C=O) groups excluding carboxylic acids is 1. The van der Waals surface area contributed by atoms with Gasteiger partial charge >= 0.3 is 0 Å². The van der Waals surface area contributed by atoms with Crippen molar-refractivity contribution in [1.29, 1.82) is 0 Å². The molecular formula is C15H17ClN2O. The second kappa shape index (κ2) is 7.10. The summed E-state index contributed by atoms with van der Waals surface area (Å²) in [5.41, 5.74) is 1.31. The van der Waals surface area contributed by atoms with Crippen LogP contribution in [-0.2, 0) is 0 Å². The molecule has 0 saturated carbocycles. The molecule has 0 unspecified atom stereocenters. The minimum Gasteiger partial charge on any atom is -0.351 e. The normalized spacial score (nSPS) is 10.6. The molecule has 0 atom stereocenters. The average molecular weight is 277 g/mol. The highest BCUT2D eigenvalue weighted by Gasteiger charge is 2.06. The maximum atomic E-state index is 11.9. The number of para-hydroxylation sites is 1. The van der Waals surface area contributed by atoms with E-state index in [4.69, 9.17) is 11.6 Å². The lowest BCUT2D eigenvalue weighted by atomic mass is 10.2. The number of aromatic nitrogens is 1. The number of amides is 1. The first kappa shape index (κ1) is 13.8. The Kier molecular flexibility index (Phi) is 5.16. The van der Waals surface area contributed by atoms with E-state index in [2.05, 4.69) is 10.3 Å². The molecule has 4 heteroatoms. The minimum atomic E-state index is -0.114. The van der Waals surface area contributed by atoms with Crippen molar-refractivity contribution in [2.75, 3.05) is 12.4 Å². The van der Waals surface area contributed by atoms with Gasteiger partial charge in [-0.2, -0.15) is 0 Å². The van der Waals surface area contributed by atoms with Crippen LogP contribution < -0.4 is 5.32 Å². The smallest absolute Gasteiger partial charge is 0.269 e. The molecule has 0 saturated heterocycles. The number of unbranched alkanes of at least 4 members (excludes halogenated alkanes) is 2. The summed E-state index contributed by atoms with van der Waals surface area (Å²) in [6.45, 7) is 0.671. The molecule has 2 rings (SSSR count). The van der Waals surface area contributed by atoms with E-state index in [1.807, 2.05) is 30.3 Å². The van der Waals surface area contributed by atoms with Crippen molar-refractivity contribution < 1.29 is 4.79 Å². The molecule has 2 aromatic rings. The highest BCUT2D eigenvalue weighted by atomic mass is 35.5. The highest BCUT2D eigenvalue weighted by Crippen LogP contribution is 2.11. The van der Waals surface area contributed by atoms with E-state index in [0.29, 0.717) is 18.1 Å². The Morgan fingerprint density at radius 2 is 1.95 bits per heavy atom. The third-order valence-corrected chi connectivity index (χ3v) is 3.19. The van der Waals surface area contributed by atoms with Crippen molar-refractivity contribution in [2.45, 2.75) is 19.3 Å². The van der Waals surface area contributed by atoms with Crippen LogP contribution in [0.5, 0.6) is 0 Å². The molecule has 0 bridgehead atoms. The lowest BCUT2D eigenvalue weighted by Gasteiger charge is -2.05. The lowest BCUT2D eigenvalue weighted by molar-refractivity contribution is 0.0948. The van der Waals surface area contributed by atoms with Gasteiger partial charge in [0.15, 0.2) is 0 Å². The van der Waals surface area contributed by atoms with Crippen LogP contribution in [0, 0.1) is 0 Å². The van der Waals surface area contributed by atoms with Crippen molar-refractivity contribution >= 4 is 28.4 Å². The van der Waals surface area contributed by atoms with Crippen LogP contribution in [-0.4, -0.2) is 23.3 Å². The highest BCUT2D eigenvalue weighted by molar-refractivity contribution is 6.17. The maximum Gasteiger partial charge on any atom is 0.269 e. The minimum absolute atomic E-state index is 0.114. The van der Waals surface area contributed by atoms with Gasteiger partial charge in [-0.1, -0.05) is 30.7 Å². The summed E-state index contributed by atoms with van der Waals surface area (Å²) in [7, 11) is 0. The van der Waals surface area contributed by atoms with Crippen LogP contribution in [0.4, 0.5) is 0 Å². The number of nitrogens with zero attached hydrogens (tertiary/aromatic N) is 1. The Morgan fingerprint density at radius 1 is 1.11 bits per heavy atom. The molecule has 100 valence electrons. The number of halogens is 1. The first-order valence-electron chi connectivity index (χ1n) is 6.51. The van der Waals surface area contributed by atoms with Crippen molar-refractivity contribution in [1.82, 2.24) is 10.3 Å². The fraction of sp³-hybridized carbons (Fsp3) is 0.333. The number of rotatable bonds is 6. The van der Waals surface area contributed by atoms with Gasteiger partial charge in [-0.15, -0.1) is 11.6 Å². The number of fused-ring (bicyclic) bond motifs is 1. The summed E-state index contributed by atoms with van der Waals surface area (Å²) in [4.78, 5) is 16.3. The molecule has 0 spiro atoms. The Morgan fingerprint density at radius 3 is 2.79 bits per heavy atom. The first-order chi connectivity index (χ1) is 9.31. The summed E-state index contributed by atoms with van der Waals surface area (Å²) in [6.07, 6.45) is 2.98. The van der Waals surface area contributed by atoms with Gasteiger partial charge in [-0.25, -0.2) is 4.98 Å². The molecule has 0 aliphatic rings. The fourth-order valence-electron chi connectivity index (χ4n) is 1.88. The largest absolute Gasteiger partial charge is 0.351 e. The van der Waals surface area contributed by atoms with E-state index in [1.54, 1.807) is 6.07 Å². The molecule has 0 fully saturated rings. The standard InChI is InChI=1S/C15H17ClN2O/c16-10-4-1-5-11-17-15(19)14-9-8-12-6-2-3-7-13(12)18-14/h2-3,6-9H,1,4-5,10-11H2,(H,17,19). The van der Waals surface area contributed by atoms with E-state index in [1.165, 1.54) is 0 Å². The SMILES string of the molecule is O=C(NCCCCCCl)c1ccc2ccccc2n1. The monoisotopic (exact) mass is 276 g/mol. The third kappa shape index (κ3) is 3.93. The van der Waals surface area contributed by atoms with E-state index < -0.39 is 0 Å². The summed E-state index contributed by atoms with van der Waals surface area (Å²) in [5, 5.41) is 3.92. The second-order valence-electron chi connectivity index (χ2n) is 4.39. The van der Waals surface area contributed by atoms with Crippen LogP contribution in [0.2, 0.25) is 0 Å². The Hall–Kier alpha value is -1.61. The van der Waals surface area contributed by atoms with Crippen LogP contribution >= 0.6 is 11.6 Å². The molecule has 1 heterocycles. The topological polar surface area (TPSA) is 42.0 Å². The molecule has 3 nitrogen and oxygen atoms in total. The Bertz CT molecular complexity index is 557. The molecule has 1 N–H and O–H groups in total. The number of hydrogen-bond acceptors (Lipinski definition) is 2. The fourth-order valence-corrected chi connectivity index (χ4v) is 2.07. The van der Waals surface area contributed by atoms with Gasteiger partial charge in [0, 0.05) is 17.8 Å². The summed E-state index contributed by atoms with van der Waals surface area (Å²) < 4.78 is 0. The summed E-state index contributed by atoms with van der Waals surface area (Å²) in [6, 6.07) is 11.5. The van der Waals surface area contributed by atoms with Crippen molar-refractivity contribution in [3.63, 3.8) is 0 Å². The first-order valence-corrected chi connectivity index (χ1v) is 7.04. The van der Waals surface area contributed by atoms with Crippen LogP contribution in [0.3, 0.4) is 0 Å². The Balaban J connectivity index is 1.93. The quantitative estimate of drug-likeness (QED) is 0.649. The van der Waals surface area contributed by atoms with E-state index >= 15 is 0 Å². The number of alkyl halides is 1. The zero-order valence-corrected chi connectivity index (χ0v) is 11.5. The third-order valence-electron chi connectivity index (χ3n) is 2.93. The van der Waals surface area contributed by atoms with Gasteiger partial charge in [0.25, 0.3) is 5.91 Å². The maximum absolute atomic E-state index is 11.9. The van der Waals surface area contributed by atoms with Gasteiger partial charge in [-0.3, -0.25) is 4.79 Å². The summed E-state index contributed by atoms with van der Waals surface area (Å²) in [5.74, 6) is 0.566. The molecule has 1 aromatic carbocycles. The van der Waals surface area contributed by atoms with E-state index in [0.717, 1.165) is 30.2 Å². The van der Waals surface area contributed by atoms with Crippen molar-refractivity contribution in [2.24, 2.45) is 0 Å².